The molecule has 0 radical (unpaired) electrons. The van der Waals surface area contributed by atoms with E-state index in [9.17, 15) is 0 Å². The number of carbonyl (C=O) groups excluding carboxylic acids is 1. The summed E-state index contributed by atoms with van der Waals surface area (Å²) < 4.78 is 0. The molecule has 0 aliphatic heterocycles. The Morgan fingerprint density at radius 1 is 1.80 bits per heavy atom. The molecule has 5 heavy (non-hydrogen) atoms. The molecule has 0 aliphatic rings. The molecular formula is C2H4AuNO. The average Bonchev–Trinajstić information content (AvgIpc) is 1.37. The van der Waals surface area contributed by atoms with Gasteiger partial charge in [-0.25, -0.2) is 0 Å². The average molecular weight is 255 g/mol. The van der Waals surface area contributed by atoms with Crippen LogP contribution in [-0.2, 0) is 27.2 Å². The molecule has 0 aromatic rings. The van der Waals surface area contributed by atoms with Crippen LogP contribution in [0.1, 0.15) is 0 Å². The monoisotopic (exact) mass is 255 g/mol. The van der Waals surface area contributed by atoms with E-state index in [0.29, 0.717) is 0 Å². The first-order valence-corrected chi connectivity index (χ1v) is 0.966. The molecule has 0 bridgehead atoms. The second kappa shape index (κ2) is 8.84. The van der Waals surface area contributed by atoms with Crippen LogP contribution in [0.2, 0.25) is 0 Å². The van der Waals surface area contributed by atoms with Gasteiger partial charge in [0.15, 0.2) is 0 Å². The van der Waals surface area contributed by atoms with E-state index in [1.54, 1.807) is 0 Å². The zero-order valence-corrected chi connectivity index (χ0v) is 4.66. The molecule has 0 rings (SSSR count). The number of hydrogen-bond acceptors (Lipinski definition) is 2. The number of nitrogens with two attached hydrogens (primary N) is 1. The molecule has 34 valence electrons. The Hall–Kier alpha value is 0.370. The van der Waals surface area contributed by atoms with Crippen LogP contribution in [0.15, 0.2) is 0 Å². The van der Waals surface area contributed by atoms with Gasteiger partial charge in [-0.2, -0.15) is 0 Å². The van der Waals surface area contributed by atoms with Gasteiger partial charge in [-0.05, 0) is 0 Å². The van der Waals surface area contributed by atoms with Crippen LogP contribution in [0.5, 0.6) is 0 Å². The normalized spacial score (nSPS) is 5.00. The first-order valence-electron chi connectivity index (χ1n) is 0.966. The van der Waals surface area contributed by atoms with Gasteiger partial charge in [0.1, 0.15) is 0 Å². The molecule has 2 nitrogen and oxygen atoms in total. The van der Waals surface area contributed by atoms with Gasteiger partial charge in [0.05, 0.1) is 0 Å². The van der Waals surface area contributed by atoms with E-state index in [0.717, 1.165) is 0 Å². The zero-order chi connectivity index (χ0) is 3.41. The van der Waals surface area contributed by atoms with Crippen molar-refractivity contribution < 1.29 is 27.2 Å². The minimum absolute atomic E-state index is 0. The molecule has 0 saturated heterocycles. The van der Waals surface area contributed by atoms with Crippen molar-refractivity contribution in [2.24, 2.45) is 5.73 Å². The van der Waals surface area contributed by atoms with Gasteiger partial charge in [-0.3, -0.25) is 6.29 Å². The van der Waals surface area contributed by atoms with Crippen molar-refractivity contribution in [1.82, 2.24) is 0 Å². The summed E-state index contributed by atoms with van der Waals surface area (Å²) in [4.78, 5) is 8.92. The fraction of sp³-hybridized carbons (Fsp3) is 0.500. The van der Waals surface area contributed by atoms with Gasteiger partial charge < -0.3 is 10.5 Å². The van der Waals surface area contributed by atoms with Crippen molar-refractivity contribution in [2.75, 3.05) is 6.54 Å². The van der Waals surface area contributed by atoms with E-state index in [2.05, 4.69) is 5.73 Å². The second-order valence-corrected chi connectivity index (χ2v) is 0.348. The smallest absolute Gasteiger partial charge is 0.541 e. The Kier molecular flexibility index (Phi) is 16.0. The third-order valence-electron chi connectivity index (χ3n) is 0.0833. The van der Waals surface area contributed by atoms with Crippen LogP contribution >= 0.6 is 0 Å². The van der Waals surface area contributed by atoms with Crippen LogP contribution in [0, 0.1) is 0 Å². The molecule has 0 unspecified atom stereocenters. The third-order valence-corrected chi connectivity index (χ3v) is 0.0833. The molecule has 0 atom stereocenters. The standard InChI is InChI=1S/C2H4NO.Au/c3-1-2-4;/h1,3H2;/q-1;+1. The van der Waals surface area contributed by atoms with E-state index in [1.807, 2.05) is 0 Å². The van der Waals surface area contributed by atoms with E-state index in [-0.39, 0.29) is 28.9 Å². The number of rotatable bonds is 1. The first-order chi connectivity index (χ1) is 1.91. The Morgan fingerprint density at radius 2 is 2.00 bits per heavy atom. The summed E-state index contributed by atoms with van der Waals surface area (Å²) >= 11 is 0. The molecule has 0 aliphatic carbocycles. The molecule has 0 saturated carbocycles. The molecule has 0 spiro atoms. The van der Waals surface area contributed by atoms with E-state index in [4.69, 9.17) is 4.79 Å². The van der Waals surface area contributed by atoms with Gasteiger partial charge in [0, 0.05) is 0 Å². The largest absolute Gasteiger partial charge is 1.00 e. The minimum Gasteiger partial charge on any atom is -0.541 e. The quantitative estimate of drug-likeness (QED) is 0.485. The van der Waals surface area contributed by atoms with Crippen molar-refractivity contribution in [2.45, 2.75) is 0 Å². The zero-order valence-electron chi connectivity index (χ0n) is 2.49. The Morgan fingerprint density at radius 3 is 2.00 bits per heavy atom. The van der Waals surface area contributed by atoms with Gasteiger partial charge in [0.25, 0.3) is 0 Å². The summed E-state index contributed by atoms with van der Waals surface area (Å²) in [6.07, 6.45) is 1.46. The molecule has 0 heterocycles. The topological polar surface area (TPSA) is 43.1 Å². The molecule has 0 aromatic carbocycles. The van der Waals surface area contributed by atoms with Crippen LogP contribution in [-0.4, -0.2) is 12.8 Å². The van der Waals surface area contributed by atoms with Crippen LogP contribution in [0.3, 0.4) is 0 Å². The maximum atomic E-state index is 8.92. The van der Waals surface area contributed by atoms with Crippen LogP contribution < -0.4 is 5.73 Å². The predicted molar refractivity (Wildman–Crippen MR) is 14.7 cm³/mol. The number of hydrogen-bond donors (Lipinski definition) is 1. The predicted octanol–water partition coefficient (Wildman–Crippen LogP) is -0.948. The first kappa shape index (κ1) is 9.03. The summed E-state index contributed by atoms with van der Waals surface area (Å²) in [5.74, 6) is 0. The van der Waals surface area contributed by atoms with Gasteiger partial charge in [-0.1, -0.05) is 0 Å². The minimum atomic E-state index is 0. The van der Waals surface area contributed by atoms with E-state index in [1.165, 1.54) is 6.29 Å². The summed E-state index contributed by atoms with van der Waals surface area (Å²) in [5.41, 5.74) is 4.60. The van der Waals surface area contributed by atoms with Crippen molar-refractivity contribution in [3.05, 3.63) is 0 Å². The van der Waals surface area contributed by atoms with Crippen molar-refractivity contribution in [3.8, 4) is 0 Å². The maximum Gasteiger partial charge on any atom is 1.00 e. The second-order valence-electron chi connectivity index (χ2n) is 0.348. The van der Waals surface area contributed by atoms with Crippen LogP contribution in [0.4, 0.5) is 0 Å². The van der Waals surface area contributed by atoms with E-state index >= 15 is 0 Å². The summed E-state index contributed by atoms with van der Waals surface area (Å²) in [7, 11) is 0. The fourth-order valence-electron chi connectivity index (χ4n) is 0. The van der Waals surface area contributed by atoms with Crippen molar-refractivity contribution in [1.29, 1.82) is 0 Å². The molecule has 0 aromatic heterocycles. The van der Waals surface area contributed by atoms with Gasteiger partial charge >= 0.3 is 22.4 Å². The molecule has 0 amide bonds. The summed E-state index contributed by atoms with van der Waals surface area (Å²) in [6, 6.07) is 0. The van der Waals surface area contributed by atoms with Crippen molar-refractivity contribution >= 4 is 6.29 Å². The maximum absolute atomic E-state index is 8.92. The van der Waals surface area contributed by atoms with E-state index < -0.39 is 0 Å². The third kappa shape index (κ3) is 13.1. The fourth-order valence-corrected chi connectivity index (χ4v) is 0. The molecule has 3 heteroatoms. The Bertz CT molecular complexity index is 23.6. The van der Waals surface area contributed by atoms with Gasteiger partial charge in [-0.15, -0.1) is 6.54 Å². The Labute approximate surface area is 46.2 Å². The van der Waals surface area contributed by atoms with Gasteiger partial charge in [0.2, 0.25) is 0 Å². The summed E-state index contributed by atoms with van der Waals surface area (Å²) in [6.45, 7) is 0.0139. The van der Waals surface area contributed by atoms with Crippen LogP contribution in [0.25, 0.3) is 0 Å². The molecule has 2 N–H and O–H groups in total. The molecular weight excluding hydrogens is 251 g/mol. The Balaban J connectivity index is 0. The SMILES string of the molecule is NC[C-]=O.[Au+]. The molecule has 0 fully saturated rings. The van der Waals surface area contributed by atoms with Crippen molar-refractivity contribution in [3.63, 3.8) is 0 Å². The summed E-state index contributed by atoms with van der Waals surface area (Å²) in [5, 5.41) is 0.